The van der Waals surface area contributed by atoms with Gasteiger partial charge in [0.2, 0.25) is 5.90 Å². The highest BCUT2D eigenvalue weighted by atomic mass is 32.2. The van der Waals surface area contributed by atoms with Gasteiger partial charge in [0.15, 0.2) is 0 Å². The lowest BCUT2D eigenvalue weighted by molar-refractivity contribution is -0.138. The van der Waals surface area contributed by atoms with E-state index >= 15 is 0 Å². The van der Waals surface area contributed by atoms with Crippen LogP contribution >= 0.6 is 11.8 Å². The number of aliphatic hydroxyl groups excluding tert-OH is 1. The van der Waals surface area contributed by atoms with Crippen molar-refractivity contribution in [2.24, 2.45) is 10.9 Å². The maximum atomic E-state index is 12.3. The van der Waals surface area contributed by atoms with Crippen LogP contribution in [0.1, 0.15) is 32.3 Å². The molecule has 0 spiro atoms. The summed E-state index contributed by atoms with van der Waals surface area (Å²) in [6.45, 7) is 3.86. The SMILES string of the molecule is CCCC(=O)C1C=CC(C(=O)OCC)=C(SCc2ccccc2)N=C1O. The van der Waals surface area contributed by atoms with Crippen LogP contribution in [0, 0.1) is 5.92 Å². The lowest BCUT2D eigenvalue weighted by atomic mass is 9.99. The first-order valence-corrected chi connectivity index (χ1v) is 9.61. The summed E-state index contributed by atoms with van der Waals surface area (Å²) in [5.74, 6) is -1.16. The van der Waals surface area contributed by atoms with E-state index in [1.807, 2.05) is 37.3 Å². The molecule has 26 heavy (non-hydrogen) atoms. The quantitative estimate of drug-likeness (QED) is 0.691. The summed E-state index contributed by atoms with van der Waals surface area (Å²) in [6.07, 6.45) is 4.09. The van der Waals surface area contributed by atoms with Gasteiger partial charge in [-0.15, -0.1) is 11.8 Å². The molecule has 1 atom stereocenters. The number of benzene rings is 1. The monoisotopic (exact) mass is 373 g/mol. The Balaban J connectivity index is 2.31. The molecule has 0 radical (unpaired) electrons. The second-order valence-electron chi connectivity index (χ2n) is 5.74. The number of carbonyl (C=O) groups is 2. The molecule has 138 valence electrons. The molecule has 1 aliphatic heterocycles. The minimum Gasteiger partial charge on any atom is -0.496 e. The Bertz CT molecular complexity index is 737. The molecule has 0 saturated carbocycles. The predicted octanol–water partition coefficient (Wildman–Crippen LogP) is 4.21. The Morgan fingerprint density at radius 3 is 2.62 bits per heavy atom. The number of rotatable bonds is 8. The molecule has 0 aliphatic carbocycles. The first-order chi connectivity index (χ1) is 12.6. The third-order valence-electron chi connectivity index (χ3n) is 3.74. The number of aliphatic imine (C=N–C) groups is 1. The van der Waals surface area contributed by atoms with E-state index < -0.39 is 11.9 Å². The van der Waals surface area contributed by atoms with Gasteiger partial charge in [0.1, 0.15) is 16.7 Å². The van der Waals surface area contributed by atoms with Gasteiger partial charge in [-0.1, -0.05) is 43.3 Å². The minimum atomic E-state index is -0.825. The Kier molecular flexibility index (Phi) is 7.66. The van der Waals surface area contributed by atoms with Crippen molar-refractivity contribution in [3.63, 3.8) is 0 Å². The van der Waals surface area contributed by atoms with Crippen molar-refractivity contribution < 1.29 is 19.4 Å². The van der Waals surface area contributed by atoms with Crippen LogP contribution in [-0.2, 0) is 20.1 Å². The van der Waals surface area contributed by atoms with Crippen LogP contribution in [0.3, 0.4) is 0 Å². The van der Waals surface area contributed by atoms with E-state index in [0.717, 1.165) is 5.56 Å². The van der Waals surface area contributed by atoms with E-state index in [-0.39, 0.29) is 23.9 Å². The van der Waals surface area contributed by atoms with Gasteiger partial charge in [0, 0.05) is 12.2 Å². The van der Waals surface area contributed by atoms with Gasteiger partial charge in [0.05, 0.1) is 12.2 Å². The second-order valence-corrected chi connectivity index (χ2v) is 6.70. The van der Waals surface area contributed by atoms with Gasteiger partial charge in [-0.25, -0.2) is 9.79 Å². The maximum Gasteiger partial charge on any atom is 0.340 e. The largest absolute Gasteiger partial charge is 0.496 e. The van der Waals surface area contributed by atoms with Crippen LogP contribution in [0.2, 0.25) is 0 Å². The normalized spacial score (nSPS) is 16.8. The smallest absolute Gasteiger partial charge is 0.340 e. The zero-order chi connectivity index (χ0) is 18.9. The average molecular weight is 373 g/mol. The van der Waals surface area contributed by atoms with Gasteiger partial charge in [0.25, 0.3) is 0 Å². The summed E-state index contributed by atoms with van der Waals surface area (Å²) in [6, 6.07) is 9.75. The zero-order valence-electron chi connectivity index (χ0n) is 15.0. The third kappa shape index (κ3) is 5.33. The fourth-order valence-corrected chi connectivity index (χ4v) is 3.40. The van der Waals surface area contributed by atoms with E-state index in [1.165, 1.54) is 23.9 Å². The van der Waals surface area contributed by atoms with Crippen molar-refractivity contribution in [3.05, 3.63) is 58.6 Å². The van der Waals surface area contributed by atoms with Crippen LogP contribution in [0.5, 0.6) is 0 Å². The molecule has 0 aromatic heterocycles. The Morgan fingerprint density at radius 1 is 1.23 bits per heavy atom. The van der Waals surface area contributed by atoms with E-state index in [9.17, 15) is 14.7 Å². The molecule has 1 aromatic rings. The molecule has 5 nitrogen and oxygen atoms in total. The number of hydrogen-bond donors (Lipinski definition) is 1. The summed E-state index contributed by atoms with van der Waals surface area (Å²) in [5.41, 5.74) is 1.32. The molecular formula is C20H23NO4S. The van der Waals surface area contributed by atoms with Crippen molar-refractivity contribution in [1.29, 1.82) is 0 Å². The van der Waals surface area contributed by atoms with Crippen molar-refractivity contribution in [2.45, 2.75) is 32.4 Å². The summed E-state index contributed by atoms with van der Waals surface area (Å²) >= 11 is 1.33. The number of esters is 1. The van der Waals surface area contributed by atoms with Crippen LogP contribution in [0.25, 0.3) is 0 Å². The Morgan fingerprint density at radius 2 is 1.96 bits per heavy atom. The van der Waals surface area contributed by atoms with E-state index in [1.54, 1.807) is 6.92 Å². The summed E-state index contributed by atoms with van der Waals surface area (Å²) in [4.78, 5) is 28.7. The molecule has 0 amide bonds. The topological polar surface area (TPSA) is 76.0 Å². The van der Waals surface area contributed by atoms with Crippen molar-refractivity contribution >= 4 is 29.4 Å². The second kappa shape index (κ2) is 9.97. The first kappa shape index (κ1) is 20.0. The van der Waals surface area contributed by atoms with Gasteiger partial charge in [-0.05, 0) is 25.0 Å². The summed E-state index contributed by atoms with van der Waals surface area (Å²) < 4.78 is 5.10. The predicted molar refractivity (Wildman–Crippen MR) is 104 cm³/mol. The number of hydrogen-bond acceptors (Lipinski definition) is 5. The van der Waals surface area contributed by atoms with Crippen molar-refractivity contribution in [1.82, 2.24) is 0 Å². The number of thioether (sulfide) groups is 1. The highest BCUT2D eigenvalue weighted by Crippen LogP contribution is 2.30. The molecular weight excluding hydrogens is 350 g/mol. The molecule has 0 fully saturated rings. The number of carbonyl (C=O) groups excluding carboxylic acids is 2. The lowest BCUT2D eigenvalue weighted by Gasteiger charge is -2.09. The van der Waals surface area contributed by atoms with Gasteiger partial charge in [-0.3, -0.25) is 4.79 Å². The fraction of sp³-hybridized carbons (Fsp3) is 0.350. The number of ether oxygens (including phenoxy) is 1. The van der Waals surface area contributed by atoms with Crippen LogP contribution in [-0.4, -0.2) is 29.4 Å². The first-order valence-electron chi connectivity index (χ1n) is 8.63. The molecule has 6 heteroatoms. The third-order valence-corrected chi connectivity index (χ3v) is 4.80. The zero-order valence-corrected chi connectivity index (χ0v) is 15.8. The van der Waals surface area contributed by atoms with Crippen LogP contribution in [0.4, 0.5) is 0 Å². The number of ketones is 1. The summed E-state index contributed by atoms with van der Waals surface area (Å²) in [7, 11) is 0. The standard InChI is InChI=1S/C20H23NO4S/c1-3-8-17(22)15-11-12-16(20(24)25-4-2)19(21-18(15)23)26-13-14-9-6-5-7-10-14/h5-7,9-12,15H,3-4,8,13H2,1-2H3,(H,21,23). The molecule has 0 saturated heterocycles. The molecule has 0 bridgehead atoms. The molecule has 1 N–H and O–H groups in total. The van der Waals surface area contributed by atoms with Gasteiger partial charge < -0.3 is 9.84 Å². The van der Waals surface area contributed by atoms with E-state index in [0.29, 0.717) is 23.6 Å². The van der Waals surface area contributed by atoms with Crippen LogP contribution in [0.15, 0.2) is 58.1 Å². The fourth-order valence-electron chi connectivity index (χ4n) is 2.44. The lowest BCUT2D eigenvalue weighted by Crippen LogP contribution is -2.21. The molecule has 2 rings (SSSR count). The molecule has 1 aliphatic rings. The van der Waals surface area contributed by atoms with Crippen molar-refractivity contribution in [3.8, 4) is 0 Å². The van der Waals surface area contributed by atoms with Gasteiger partial charge in [-0.2, -0.15) is 0 Å². The number of aliphatic hydroxyl groups is 1. The van der Waals surface area contributed by atoms with Crippen molar-refractivity contribution in [2.75, 3.05) is 6.61 Å². The average Bonchev–Trinajstić information content (AvgIpc) is 2.80. The maximum absolute atomic E-state index is 12.3. The number of nitrogens with zero attached hydrogens (tertiary/aromatic N) is 1. The Labute approximate surface area is 157 Å². The Hall–Kier alpha value is -2.34. The minimum absolute atomic E-state index is 0.123. The van der Waals surface area contributed by atoms with E-state index in [4.69, 9.17) is 4.74 Å². The molecule has 1 aromatic carbocycles. The van der Waals surface area contributed by atoms with Gasteiger partial charge >= 0.3 is 5.97 Å². The highest BCUT2D eigenvalue weighted by molar-refractivity contribution is 8.02. The highest BCUT2D eigenvalue weighted by Gasteiger charge is 2.26. The molecule has 1 unspecified atom stereocenters. The number of Topliss-reactive ketones (excluding diaryl/α,β-unsaturated/α-hetero) is 1. The van der Waals surface area contributed by atoms with E-state index in [2.05, 4.69) is 4.99 Å². The summed E-state index contributed by atoms with van der Waals surface area (Å²) in [5, 5.41) is 10.7. The van der Waals surface area contributed by atoms with Crippen LogP contribution < -0.4 is 0 Å². The molecule has 1 heterocycles.